The summed E-state index contributed by atoms with van der Waals surface area (Å²) in [6.07, 6.45) is -4.30. The summed E-state index contributed by atoms with van der Waals surface area (Å²) in [7, 11) is 0. The topological polar surface area (TPSA) is 60.2 Å². The molecule has 18 heavy (non-hydrogen) atoms. The molecular formula is C11H6F3NO3. The monoisotopic (exact) mass is 257 g/mol. The molecule has 0 aliphatic carbocycles. The molecule has 0 atom stereocenters. The molecule has 0 fully saturated rings. The van der Waals surface area contributed by atoms with Gasteiger partial charge in [0.15, 0.2) is 0 Å². The van der Waals surface area contributed by atoms with Crippen LogP contribution in [0.2, 0.25) is 0 Å². The van der Waals surface area contributed by atoms with Gasteiger partial charge in [-0.3, -0.25) is 10.1 Å². The summed E-state index contributed by atoms with van der Waals surface area (Å²) < 4.78 is 37.1. The molecule has 0 radical (unpaired) electrons. The molecule has 94 valence electrons. The number of carbonyl (C=O) groups excluding carboxylic acids is 1. The van der Waals surface area contributed by atoms with Crippen LogP contribution in [0.4, 0.5) is 18.9 Å². The fraction of sp³-hybridized carbons (Fsp3) is 0.182. The largest absolute Gasteiger partial charge is 0.416 e. The predicted octanol–water partition coefficient (Wildman–Crippen LogP) is 2.55. The molecule has 0 unspecified atom stereocenters. The van der Waals surface area contributed by atoms with Crippen LogP contribution in [-0.4, -0.2) is 11.2 Å². The van der Waals surface area contributed by atoms with Gasteiger partial charge in [0, 0.05) is 6.07 Å². The Morgan fingerprint density at radius 3 is 2.56 bits per heavy atom. The molecule has 0 bridgehead atoms. The van der Waals surface area contributed by atoms with Crippen LogP contribution in [0.3, 0.4) is 0 Å². The number of hydrogen-bond acceptors (Lipinski definition) is 3. The van der Waals surface area contributed by atoms with Crippen molar-refractivity contribution in [2.75, 3.05) is 0 Å². The molecule has 0 aromatic heterocycles. The first-order valence-corrected chi connectivity index (χ1v) is 4.64. The van der Waals surface area contributed by atoms with E-state index in [1.54, 1.807) is 0 Å². The molecule has 0 heterocycles. The Balaban J connectivity index is 3.27. The highest BCUT2D eigenvalue weighted by Gasteiger charge is 2.32. The Kier molecular flexibility index (Phi) is 4.05. The highest BCUT2D eigenvalue weighted by molar-refractivity contribution is 5.58. The third-order valence-corrected chi connectivity index (χ3v) is 1.93. The average molecular weight is 257 g/mol. The lowest BCUT2D eigenvalue weighted by Crippen LogP contribution is -2.06. The van der Waals surface area contributed by atoms with E-state index in [0.29, 0.717) is 18.4 Å². The Bertz CT molecular complexity index is 541. The van der Waals surface area contributed by atoms with Gasteiger partial charge in [0.1, 0.15) is 11.8 Å². The van der Waals surface area contributed by atoms with Crippen molar-refractivity contribution in [3.63, 3.8) is 0 Å². The first-order chi connectivity index (χ1) is 8.36. The maximum absolute atomic E-state index is 12.4. The van der Waals surface area contributed by atoms with E-state index in [9.17, 15) is 28.1 Å². The summed E-state index contributed by atoms with van der Waals surface area (Å²) in [5.74, 6) is 4.58. The number of aldehydes is 1. The van der Waals surface area contributed by atoms with Crippen molar-refractivity contribution in [3.8, 4) is 11.8 Å². The zero-order valence-electron chi connectivity index (χ0n) is 8.82. The van der Waals surface area contributed by atoms with Crippen molar-refractivity contribution >= 4 is 12.0 Å². The Labute approximate surface area is 99.6 Å². The highest BCUT2D eigenvalue weighted by Crippen LogP contribution is 2.32. The van der Waals surface area contributed by atoms with Crippen molar-refractivity contribution in [3.05, 3.63) is 39.4 Å². The van der Waals surface area contributed by atoms with Gasteiger partial charge in [-0.15, -0.1) is 0 Å². The Morgan fingerprint density at radius 2 is 2.06 bits per heavy atom. The number of benzene rings is 1. The molecule has 4 nitrogen and oxygen atoms in total. The maximum atomic E-state index is 12.4. The minimum atomic E-state index is -4.65. The van der Waals surface area contributed by atoms with Crippen molar-refractivity contribution in [1.82, 2.24) is 0 Å². The summed E-state index contributed by atoms with van der Waals surface area (Å²) in [4.78, 5) is 19.7. The lowest BCUT2D eigenvalue weighted by molar-refractivity contribution is -0.385. The Morgan fingerprint density at radius 1 is 1.39 bits per heavy atom. The number of rotatable bonds is 2. The number of nitrogens with zero attached hydrogens (tertiary/aromatic N) is 1. The summed E-state index contributed by atoms with van der Waals surface area (Å²) >= 11 is 0. The number of hydrogen-bond donors (Lipinski definition) is 0. The van der Waals surface area contributed by atoms with Crippen LogP contribution in [-0.2, 0) is 11.0 Å². The summed E-state index contributed by atoms with van der Waals surface area (Å²) in [5.41, 5.74) is -2.01. The van der Waals surface area contributed by atoms with E-state index in [-0.39, 0.29) is 12.0 Å². The summed E-state index contributed by atoms with van der Waals surface area (Å²) in [6, 6.07) is 2.04. The van der Waals surface area contributed by atoms with Crippen LogP contribution < -0.4 is 0 Å². The van der Waals surface area contributed by atoms with Gasteiger partial charge < -0.3 is 4.79 Å². The normalized spacial score (nSPS) is 10.4. The second-order valence-electron chi connectivity index (χ2n) is 3.16. The minimum Gasteiger partial charge on any atom is -0.302 e. The van der Waals surface area contributed by atoms with E-state index in [2.05, 4.69) is 11.8 Å². The summed E-state index contributed by atoms with van der Waals surface area (Å²) in [6.45, 7) is 0. The average Bonchev–Trinajstić information content (AvgIpc) is 2.28. The number of alkyl halides is 3. The smallest absolute Gasteiger partial charge is 0.302 e. The van der Waals surface area contributed by atoms with Gasteiger partial charge >= 0.3 is 6.18 Å². The van der Waals surface area contributed by atoms with Crippen LogP contribution in [0, 0.1) is 22.0 Å². The minimum absolute atomic E-state index is 0.141. The standard InChI is InChI=1S/C11H6F3NO3/c12-11(13,14)9-5-4-8(3-1-2-6-16)10(7-9)15(17)18/h4-7H,2H2. The van der Waals surface area contributed by atoms with Gasteiger partial charge in [-0.05, 0) is 12.1 Å². The second-order valence-corrected chi connectivity index (χ2v) is 3.16. The molecule has 0 amide bonds. The number of nitro groups is 1. The van der Waals surface area contributed by atoms with E-state index < -0.39 is 22.4 Å². The lowest BCUT2D eigenvalue weighted by atomic mass is 10.1. The van der Waals surface area contributed by atoms with E-state index in [4.69, 9.17) is 0 Å². The van der Waals surface area contributed by atoms with Gasteiger partial charge in [-0.1, -0.05) is 11.8 Å². The quantitative estimate of drug-likeness (QED) is 0.354. The van der Waals surface area contributed by atoms with Gasteiger partial charge in [0.2, 0.25) is 0 Å². The van der Waals surface area contributed by atoms with Crippen LogP contribution >= 0.6 is 0 Å². The summed E-state index contributed by atoms with van der Waals surface area (Å²) in [5, 5.41) is 10.6. The van der Waals surface area contributed by atoms with Crippen molar-refractivity contribution in [2.45, 2.75) is 12.6 Å². The molecule has 0 aliphatic rings. The van der Waals surface area contributed by atoms with Crippen molar-refractivity contribution < 1.29 is 22.9 Å². The number of halogens is 3. The van der Waals surface area contributed by atoms with Crippen molar-refractivity contribution in [1.29, 1.82) is 0 Å². The number of nitro benzene ring substituents is 1. The molecular weight excluding hydrogens is 251 g/mol. The maximum Gasteiger partial charge on any atom is 0.416 e. The van der Waals surface area contributed by atoms with E-state index in [1.807, 2.05) is 0 Å². The molecule has 0 N–H and O–H groups in total. The first kappa shape index (κ1) is 13.7. The highest BCUT2D eigenvalue weighted by atomic mass is 19.4. The van der Waals surface area contributed by atoms with Gasteiger partial charge in [0.25, 0.3) is 5.69 Å². The second kappa shape index (κ2) is 5.31. The molecule has 0 saturated heterocycles. The van der Waals surface area contributed by atoms with Crippen LogP contribution in [0.5, 0.6) is 0 Å². The van der Waals surface area contributed by atoms with Crippen LogP contribution in [0.1, 0.15) is 17.5 Å². The zero-order chi connectivity index (χ0) is 13.8. The van der Waals surface area contributed by atoms with E-state index in [0.717, 1.165) is 6.07 Å². The zero-order valence-corrected chi connectivity index (χ0v) is 8.82. The molecule has 7 heteroatoms. The van der Waals surface area contributed by atoms with Gasteiger partial charge in [0.05, 0.1) is 16.9 Å². The fourth-order valence-electron chi connectivity index (χ4n) is 1.15. The Hall–Kier alpha value is -2.36. The molecule has 1 rings (SSSR count). The molecule has 0 spiro atoms. The van der Waals surface area contributed by atoms with Gasteiger partial charge in [-0.25, -0.2) is 0 Å². The van der Waals surface area contributed by atoms with Crippen LogP contribution in [0.25, 0.3) is 0 Å². The molecule has 1 aromatic carbocycles. The van der Waals surface area contributed by atoms with E-state index in [1.165, 1.54) is 0 Å². The van der Waals surface area contributed by atoms with Gasteiger partial charge in [-0.2, -0.15) is 13.2 Å². The fourth-order valence-corrected chi connectivity index (χ4v) is 1.15. The van der Waals surface area contributed by atoms with E-state index >= 15 is 0 Å². The third-order valence-electron chi connectivity index (χ3n) is 1.93. The predicted molar refractivity (Wildman–Crippen MR) is 55.7 cm³/mol. The molecule has 0 saturated carbocycles. The lowest BCUT2D eigenvalue weighted by Gasteiger charge is -2.06. The third kappa shape index (κ3) is 3.31. The van der Waals surface area contributed by atoms with Crippen molar-refractivity contribution in [2.24, 2.45) is 0 Å². The number of carbonyl (C=O) groups is 1. The molecule has 1 aromatic rings. The first-order valence-electron chi connectivity index (χ1n) is 4.64. The molecule has 0 aliphatic heterocycles. The van der Waals surface area contributed by atoms with Crippen LogP contribution in [0.15, 0.2) is 18.2 Å². The SMILES string of the molecule is O=CCC#Cc1ccc(C(F)(F)F)cc1[N+](=O)[O-].